The molecule has 0 aromatic heterocycles. The van der Waals surface area contributed by atoms with Gasteiger partial charge in [0.25, 0.3) is 0 Å². The summed E-state index contributed by atoms with van der Waals surface area (Å²) in [6.07, 6.45) is 1.77. The highest BCUT2D eigenvalue weighted by Gasteiger charge is 2.16. The van der Waals surface area contributed by atoms with Gasteiger partial charge >= 0.3 is 5.97 Å². The fourth-order valence-corrected chi connectivity index (χ4v) is 2.99. The van der Waals surface area contributed by atoms with Crippen molar-refractivity contribution in [1.29, 1.82) is 0 Å². The number of hydrogen-bond donors (Lipinski definition) is 1. The maximum absolute atomic E-state index is 10.6. The van der Waals surface area contributed by atoms with E-state index in [1.807, 2.05) is 17.8 Å². The number of benzene rings is 1. The molecule has 16 heavy (non-hydrogen) atoms. The van der Waals surface area contributed by atoms with Crippen LogP contribution < -0.4 is 4.74 Å². The normalized spacial score (nSPS) is 13.6. The SMILES string of the molecule is COc1cc2c(cc1CCC(=O)O)SCC2. The first kappa shape index (κ1) is 11.3. The molecule has 1 heterocycles. The van der Waals surface area contributed by atoms with Crippen molar-refractivity contribution >= 4 is 17.7 Å². The fraction of sp³-hybridized carbons (Fsp3) is 0.417. The summed E-state index contributed by atoms with van der Waals surface area (Å²) in [6, 6.07) is 4.13. The molecule has 2 rings (SSSR count). The Morgan fingerprint density at radius 1 is 1.56 bits per heavy atom. The average Bonchev–Trinajstić information content (AvgIpc) is 2.71. The lowest BCUT2D eigenvalue weighted by Crippen LogP contribution is -2.00. The van der Waals surface area contributed by atoms with Crippen molar-refractivity contribution in [2.75, 3.05) is 12.9 Å². The predicted molar refractivity (Wildman–Crippen MR) is 63.4 cm³/mol. The van der Waals surface area contributed by atoms with Gasteiger partial charge in [-0.3, -0.25) is 4.79 Å². The summed E-state index contributed by atoms with van der Waals surface area (Å²) in [5.41, 5.74) is 2.32. The molecule has 1 aliphatic rings. The summed E-state index contributed by atoms with van der Waals surface area (Å²) in [7, 11) is 1.63. The van der Waals surface area contributed by atoms with Gasteiger partial charge in [0.15, 0.2) is 0 Å². The Morgan fingerprint density at radius 3 is 3.06 bits per heavy atom. The highest BCUT2D eigenvalue weighted by molar-refractivity contribution is 7.99. The molecular weight excluding hydrogens is 224 g/mol. The largest absolute Gasteiger partial charge is 0.496 e. The minimum absolute atomic E-state index is 0.153. The van der Waals surface area contributed by atoms with Gasteiger partial charge in [-0.15, -0.1) is 11.8 Å². The summed E-state index contributed by atoms with van der Waals surface area (Å²) in [5.74, 6) is 1.17. The Balaban J connectivity index is 2.25. The van der Waals surface area contributed by atoms with E-state index >= 15 is 0 Å². The van der Waals surface area contributed by atoms with Crippen molar-refractivity contribution in [1.82, 2.24) is 0 Å². The minimum Gasteiger partial charge on any atom is -0.496 e. The third kappa shape index (κ3) is 2.32. The molecule has 3 nitrogen and oxygen atoms in total. The van der Waals surface area contributed by atoms with E-state index < -0.39 is 5.97 Å². The van der Waals surface area contributed by atoms with Crippen LogP contribution in [0.2, 0.25) is 0 Å². The maximum Gasteiger partial charge on any atom is 0.303 e. The van der Waals surface area contributed by atoms with Gasteiger partial charge < -0.3 is 9.84 Å². The number of carboxylic acid groups (broad SMARTS) is 1. The standard InChI is InChI=1S/C12H14O3S/c1-15-10-6-9-4-5-16-11(9)7-8(10)2-3-12(13)14/h6-7H,2-5H2,1H3,(H,13,14). The van der Waals surface area contributed by atoms with Crippen molar-refractivity contribution in [2.24, 2.45) is 0 Å². The zero-order chi connectivity index (χ0) is 11.5. The van der Waals surface area contributed by atoms with Gasteiger partial charge in [-0.2, -0.15) is 0 Å². The van der Waals surface area contributed by atoms with Crippen LogP contribution >= 0.6 is 11.8 Å². The van der Waals surface area contributed by atoms with Crippen molar-refractivity contribution in [3.8, 4) is 5.75 Å². The third-order valence-electron chi connectivity index (χ3n) is 2.70. The first-order chi connectivity index (χ1) is 7.70. The highest BCUT2D eigenvalue weighted by Crippen LogP contribution is 2.36. The van der Waals surface area contributed by atoms with Gasteiger partial charge in [0.2, 0.25) is 0 Å². The molecule has 0 fully saturated rings. The summed E-state index contributed by atoms with van der Waals surface area (Å²) in [6.45, 7) is 0. The number of ether oxygens (including phenoxy) is 1. The molecule has 1 aromatic rings. The Bertz CT molecular complexity index is 415. The maximum atomic E-state index is 10.6. The highest BCUT2D eigenvalue weighted by atomic mass is 32.2. The second-order valence-corrected chi connectivity index (χ2v) is 4.90. The zero-order valence-electron chi connectivity index (χ0n) is 9.16. The van der Waals surface area contributed by atoms with Gasteiger partial charge in [0.1, 0.15) is 5.75 Å². The smallest absolute Gasteiger partial charge is 0.303 e. The molecule has 0 aliphatic carbocycles. The van der Waals surface area contributed by atoms with Crippen LogP contribution in [0, 0.1) is 0 Å². The molecule has 0 saturated heterocycles. The number of aryl methyl sites for hydroxylation is 2. The molecule has 0 bridgehead atoms. The lowest BCUT2D eigenvalue weighted by molar-refractivity contribution is -0.136. The van der Waals surface area contributed by atoms with E-state index in [9.17, 15) is 4.79 Å². The number of aliphatic carboxylic acids is 1. The molecule has 1 N–H and O–H groups in total. The van der Waals surface area contributed by atoms with Crippen LogP contribution in [0.25, 0.3) is 0 Å². The van der Waals surface area contributed by atoms with Crippen LogP contribution in [0.15, 0.2) is 17.0 Å². The van der Waals surface area contributed by atoms with Crippen LogP contribution in [-0.2, 0) is 17.6 Å². The number of carbonyl (C=O) groups is 1. The second kappa shape index (κ2) is 4.78. The van der Waals surface area contributed by atoms with Gasteiger partial charge in [-0.1, -0.05) is 0 Å². The van der Waals surface area contributed by atoms with Crippen LogP contribution in [-0.4, -0.2) is 23.9 Å². The number of fused-ring (bicyclic) bond motifs is 1. The molecule has 86 valence electrons. The van der Waals surface area contributed by atoms with Gasteiger partial charge in [-0.05, 0) is 36.1 Å². The van der Waals surface area contributed by atoms with Gasteiger partial charge in [0.05, 0.1) is 7.11 Å². The van der Waals surface area contributed by atoms with Crippen LogP contribution in [0.5, 0.6) is 5.75 Å². The molecular formula is C12H14O3S. The number of carboxylic acids is 1. The average molecular weight is 238 g/mol. The number of methoxy groups -OCH3 is 1. The van der Waals surface area contributed by atoms with Crippen LogP contribution in [0.3, 0.4) is 0 Å². The first-order valence-electron chi connectivity index (χ1n) is 5.25. The quantitative estimate of drug-likeness (QED) is 0.874. The molecule has 1 aromatic carbocycles. The molecule has 0 atom stereocenters. The molecule has 1 aliphatic heterocycles. The second-order valence-electron chi connectivity index (χ2n) is 3.76. The summed E-state index contributed by atoms with van der Waals surface area (Å²) in [5, 5.41) is 8.69. The van der Waals surface area contributed by atoms with Crippen molar-refractivity contribution in [3.63, 3.8) is 0 Å². The van der Waals surface area contributed by atoms with Crippen molar-refractivity contribution in [3.05, 3.63) is 23.3 Å². The van der Waals surface area contributed by atoms with Crippen molar-refractivity contribution in [2.45, 2.75) is 24.2 Å². The van der Waals surface area contributed by atoms with Gasteiger partial charge in [0, 0.05) is 17.1 Å². The summed E-state index contributed by atoms with van der Waals surface area (Å²) >= 11 is 1.83. The molecule has 0 unspecified atom stereocenters. The zero-order valence-corrected chi connectivity index (χ0v) is 9.97. The number of hydrogen-bond acceptors (Lipinski definition) is 3. The summed E-state index contributed by atoms with van der Waals surface area (Å²) in [4.78, 5) is 11.8. The fourth-order valence-electron chi connectivity index (χ4n) is 1.87. The van der Waals surface area contributed by atoms with Crippen LogP contribution in [0.4, 0.5) is 0 Å². The van der Waals surface area contributed by atoms with E-state index in [1.165, 1.54) is 10.5 Å². The Labute approximate surface area is 98.8 Å². The predicted octanol–water partition coefficient (Wildman–Crippen LogP) is 2.36. The van der Waals surface area contributed by atoms with E-state index in [1.54, 1.807) is 7.11 Å². The van der Waals surface area contributed by atoms with Gasteiger partial charge in [-0.25, -0.2) is 0 Å². The third-order valence-corrected chi connectivity index (χ3v) is 3.80. The lowest BCUT2D eigenvalue weighted by Gasteiger charge is -2.10. The van der Waals surface area contributed by atoms with Crippen molar-refractivity contribution < 1.29 is 14.6 Å². The number of rotatable bonds is 4. The first-order valence-corrected chi connectivity index (χ1v) is 6.23. The summed E-state index contributed by atoms with van der Waals surface area (Å²) < 4.78 is 5.30. The monoisotopic (exact) mass is 238 g/mol. The van der Waals surface area contributed by atoms with Crippen LogP contribution in [0.1, 0.15) is 17.5 Å². The molecule has 0 amide bonds. The van der Waals surface area contributed by atoms with E-state index in [0.29, 0.717) is 6.42 Å². The lowest BCUT2D eigenvalue weighted by atomic mass is 10.0. The van der Waals surface area contributed by atoms with E-state index in [4.69, 9.17) is 9.84 Å². The molecule has 0 saturated carbocycles. The number of thioether (sulfide) groups is 1. The van der Waals surface area contributed by atoms with E-state index in [0.717, 1.165) is 23.5 Å². The topological polar surface area (TPSA) is 46.5 Å². The molecule has 0 spiro atoms. The Morgan fingerprint density at radius 2 is 2.38 bits per heavy atom. The minimum atomic E-state index is -0.768. The van der Waals surface area contributed by atoms with E-state index in [-0.39, 0.29) is 6.42 Å². The Kier molecular flexibility index (Phi) is 3.39. The molecule has 0 radical (unpaired) electrons. The molecule has 4 heteroatoms. The van der Waals surface area contributed by atoms with E-state index in [2.05, 4.69) is 6.07 Å². The Hall–Kier alpha value is -1.16.